The second kappa shape index (κ2) is 6.20. The Bertz CT molecular complexity index is 767. The molecular formula is C14H15NO6S. The van der Waals surface area contributed by atoms with E-state index in [0.29, 0.717) is 5.76 Å². The summed E-state index contributed by atoms with van der Waals surface area (Å²) >= 11 is 0. The topological polar surface area (TPSA) is 97.1 Å². The number of phenols is 1. The van der Waals surface area contributed by atoms with E-state index >= 15 is 0 Å². The molecule has 0 bridgehead atoms. The zero-order chi connectivity index (χ0) is 16.3. The van der Waals surface area contributed by atoms with Crippen molar-refractivity contribution >= 4 is 16.0 Å². The Balaban J connectivity index is 2.35. The normalized spacial score (nSPS) is 11.6. The highest BCUT2D eigenvalue weighted by Crippen LogP contribution is 2.24. The second-order valence-corrected chi connectivity index (χ2v) is 6.56. The fourth-order valence-corrected chi connectivity index (χ4v) is 3.00. The molecule has 0 fully saturated rings. The number of furan rings is 1. The van der Waals surface area contributed by atoms with E-state index in [4.69, 9.17) is 4.42 Å². The Kier molecular flexibility index (Phi) is 4.53. The van der Waals surface area contributed by atoms with Gasteiger partial charge in [-0.3, -0.25) is 0 Å². The molecule has 0 atom stereocenters. The van der Waals surface area contributed by atoms with Gasteiger partial charge in [0.15, 0.2) is 0 Å². The van der Waals surface area contributed by atoms with E-state index in [1.807, 2.05) is 0 Å². The largest absolute Gasteiger partial charge is 0.507 e. The van der Waals surface area contributed by atoms with Gasteiger partial charge in [-0.25, -0.2) is 13.2 Å². The van der Waals surface area contributed by atoms with Crippen molar-refractivity contribution in [2.24, 2.45) is 0 Å². The van der Waals surface area contributed by atoms with Gasteiger partial charge in [0, 0.05) is 7.05 Å². The molecule has 2 aromatic rings. The third kappa shape index (κ3) is 3.12. The van der Waals surface area contributed by atoms with Gasteiger partial charge in [-0.15, -0.1) is 0 Å². The standard InChI is InChI=1S/C14H15NO6S/c1-15(9-10-4-3-7-21-10)22(18,19)11-5-6-13(16)12(8-11)14(17)20-2/h3-8,16H,9H2,1-2H3. The zero-order valence-electron chi connectivity index (χ0n) is 12.0. The quantitative estimate of drug-likeness (QED) is 0.839. The van der Waals surface area contributed by atoms with Crippen molar-refractivity contribution in [2.75, 3.05) is 14.2 Å². The van der Waals surface area contributed by atoms with Crippen LogP contribution in [0.1, 0.15) is 16.1 Å². The summed E-state index contributed by atoms with van der Waals surface area (Å²) < 4.78 is 35.7. The van der Waals surface area contributed by atoms with E-state index in [1.165, 1.54) is 19.4 Å². The first-order valence-corrected chi connectivity index (χ1v) is 7.70. The van der Waals surface area contributed by atoms with Crippen LogP contribution in [0.5, 0.6) is 5.75 Å². The lowest BCUT2D eigenvalue weighted by Crippen LogP contribution is -2.26. The van der Waals surface area contributed by atoms with Gasteiger partial charge < -0.3 is 14.3 Å². The predicted molar refractivity (Wildman–Crippen MR) is 76.8 cm³/mol. The number of aromatic hydroxyl groups is 1. The molecular weight excluding hydrogens is 310 g/mol. The number of rotatable bonds is 5. The van der Waals surface area contributed by atoms with Gasteiger partial charge in [0.1, 0.15) is 17.1 Å². The average molecular weight is 325 g/mol. The molecule has 22 heavy (non-hydrogen) atoms. The molecule has 7 nitrogen and oxygen atoms in total. The van der Waals surface area contributed by atoms with Gasteiger partial charge in [-0.1, -0.05) is 0 Å². The molecule has 118 valence electrons. The third-order valence-corrected chi connectivity index (χ3v) is 4.84. The molecule has 2 rings (SSSR count). The summed E-state index contributed by atoms with van der Waals surface area (Å²) in [5, 5.41) is 9.62. The first kappa shape index (κ1) is 16.1. The van der Waals surface area contributed by atoms with Crippen molar-refractivity contribution < 1.29 is 27.5 Å². The molecule has 8 heteroatoms. The third-order valence-electron chi connectivity index (χ3n) is 3.04. The van der Waals surface area contributed by atoms with Gasteiger partial charge in [-0.05, 0) is 30.3 Å². The minimum absolute atomic E-state index is 0.0454. The highest BCUT2D eigenvalue weighted by atomic mass is 32.2. The van der Waals surface area contributed by atoms with E-state index in [9.17, 15) is 18.3 Å². The number of sulfonamides is 1. The number of benzene rings is 1. The number of ether oxygens (including phenoxy) is 1. The first-order chi connectivity index (χ1) is 10.4. The van der Waals surface area contributed by atoms with Crippen LogP contribution in [0.15, 0.2) is 45.9 Å². The Morgan fingerprint density at radius 2 is 2.09 bits per heavy atom. The molecule has 0 amide bonds. The van der Waals surface area contributed by atoms with Crippen molar-refractivity contribution in [1.29, 1.82) is 0 Å². The molecule has 1 aromatic carbocycles. The highest BCUT2D eigenvalue weighted by Gasteiger charge is 2.24. The lowest BCUT2D eigenvalue weighted by Gasteiger charge is -2.16. The van der Waals surface area contributed by atoms with Crippen LogP contribution in [-0.4, -0.2) is 38.0 Å². The smallest absolute Gasteiger partial charge is 0.341 e. The molecule has 0 saturated heterocycles. The van der Waals surface area contributed by atoms with Crippen molar-refractivity contribution in [1.82, 2.24) is 4.31 Å². The molecule has 0 aliphatic carbocycles. The molecule has 0 saturated carbocycles. The maximum absolute atomic E-state index is 12.5. The molecule has 1 N–H and O–H groups in total. The summed E-state index contributed by atoms with van der Waals surface area (Å²) in [6.07, 6.45) is 1.45. The number of phenolic OH excluding ortho intramolecular Hbond substituents is 1. The Morgan fingerprint density at radius 1 is 1.36 bits per heavy atom. The zero-order valence-corrected chi connectivity index (χ0v) is 12.8. The number of methoxy groups -OCH3 is 1. The van der Waals surface area contributed by atoms with Crippen LogP contribution in [0.4, 0.5) is 0 Å². The second-order valence-electron chi connectivity index (χ2n) is 4.51. The molecule has 0 aliphatic heterocycles. The minimum Gasteiger partial charge on any atom is -0.507 e. The van der Waals surface area contributed by atoms with Crippen LogP contribution in [-0.2, 0) is 21.3 Å². The Labute approximate surface area is 127 Å². The molecule has 0 unspecified atom stereocenters. The van der Waals surface area contributed by atoms with Crippen molar-refractivity contribution in [3.63, 3.8) is 0 Å². The number of esters is 1. The Morgan fingerprint density at radius 3 is 2.68 bits per heavy atom. The van der Waals surface area contributed by atoms with Gasteiger partial charge in [0.05, 0.1) is 24.8 Å². The number of nitrogens with zero attached hydrogens (tertiary/aromatic N) is 1. The summed E-state index contributed by atoms with van der Waals surface area (Å²) in [7, 11) is -1.31. The van der Waals surface area contributed by atoms with E-state index in [1.54, 1.807) is 12.1 Å². The van der Waals surface area contributed by atoms with Crippen LogP contribution in [0, 0.1) is 0 Å². The van der Waals surface area contributed by atoms with E-state index in [-0.39, 0.29) is 22.8 Å². The van der Waals surface area contributed by atoms with Crippen LogP contribution in [0.3, 0.4) is 0 Å². The van der Waals surface area contributed by atoms with Crippen molar-refractivity contribution in [3.05, 3.63) is 47.9 Å². The minimum atomic E-state index is -3.84. The molecule has 0 aliphatic rings. The predicted octanol–water partition coefficient (Wildman–Crippen LogP) is 1.59. The number of hydrogen-bond acceptors (Lipinski definition) is 6. The van der Waals surface area contributed by atoms with Gasteiger partial charge in [0.25, 0.3) is 0 Å². The maximum atomic E-state index is 12.5. The Hall–Kier alpha value is -2.32. The van der Waals surface area contributed by atoms with Crippen molar-refractivity contribution in [3.8, 4) is 5.75 Å². The van der Waals surface area contributed by atoms with E-state index in [0.717, 1.165) is 23.5 Å². The van der Waals surface area contributed by atoms with Crippen LogP contribution in [0.25, 0.3) is 0 Å². The summed E-state index contributed by atoms with van der Waals surface area (Å²) in [4.78, 5) is 11.4. The molecule has 0 radical (unpaired) electrons. The molecule has 0 spiro atoms. The average Bonchev–Trinajstić information content (AvgIpc) is 2.99. The SMILES string of the molecule is COC(=O)c1cc(S(=O)(=O)N(C)Cc2ccco2)ccc1O. The van der Waals surface area contributed by atoms with E-state index in [2.05, 4.69) is 4.74 Å². The van der Waals surface area contributed by atoms with Gasteiger partial charge >= 0.3 is 5.97 Å². The molecule has 1 heterocycles. The fraction of sp³-hybridized carbons (Fsp3) is 0.214. The summed E-state index contributed by atoms with van der Waals surface area (Å²) in [6, 6.07) is 6.75. The van der Waals surface area contributed by atoms with Gasteiger partial charge in [0.2, 0.25) is 10.0 Å². The summed E-state index contributed by atoms with van der Waals surface area (Å²) in [5.41, 5.74) is -0.213. The lowest BCUT2D eigenvalue weighted by molar-refractivity contribution is 0.0597. The highest BCUT2D eigenvalue weighted by molar-refractivity contribution is 7.89. The van der Waals surface area contributed by atoms with E-state index < -0.39 is 16.0 Å². The fourth-order valence-electron chi connectivity index (χ4n) is 1.84. The van der Waals surface area contributed by atoms with Crippen LogP contribution < -0.4 is 0 Å². The number of carbonyl (C=O) groups is 1. The summed E-state index contributed by atoms with van der Waals surface area (Å²) in [5.74, 6) is -0.680. The lowest BCUT2D eigenvalue weighted by atomic mass is 10.2. The number of hydrogen-bond donors (Lipinski definition) is 1. The van der Waals surface area contributed by atoms with Crippen LogP contribution >= 0.6 is 0 Å². The van der Waals surface area contributed by atoms with Gasteiger partial charge in [-0.2, -0.15) is 4.31 Å². The monoisotopic (exact) mass is 325 g/mol. The van der Waals surface area contributed by atoms with Crippen LogP contribution in [0.2, 0.25) is 0 Å². The number of carbonyl (C=O) groups excluding carboxylic acids is 1. The molecule has 1 aromatic heterocycles. The summed E-state index contributed by atoms with van der Waals surface area (Å²) in [6.45, 7) is 0.0454. The van der Waals surface area contributed by atoms with Crippen molar-refractivity contribution in [2.45, 2.75) is 11.4 Å². The first-order valence-electron chi connectivity index (χ1n) is 6.26. The maximum Gasteiger partial charge on any atom is 0.341 e.